The maximum Gasteiger partial charge on any atom is 0.339 e. The number of benzene rings is 1. The summed E-state index contributed by atoms with van der Waals surface area (Å²) in [4.78, 5) is 26.7. The minimum Gasteiger partial charge on any atom is -0.465 e. The van der Waals surface area contributed by atoms with Gasteiger partial charge >= 0.3 is 5.97 Å². The van der Waals surface area contributed by atoms with E-state index in [-0.39, 0.29) is 10.2 Å². The molecule has 1 unspecified atom stereocenters. The van der Waals surface area contributed by atoms with Crippen LogP contribution in [0.1, 0.15) is 22.8 Å². The van der Waals surface area contributed by atoms with Crippen LogP contribution < -0.4 is 0 Å². The molecule has 0 saturated heterocycles. The minimum absolute atomic E-state index is 0.116. The molecule has 1 aliphatic heterocycles. The maximum atomic E-state index is 12.9. The first-order valence-electron chi connectivity index (χ1n) is 7.42. The normalized spacial score (nSPS) is 22.6. The zero-order valence-electron chi connectivity index (χ0n) is 13.4. The molecule has 1 aromatic rings. The van der Waals surface area contributed by atoms with E-state index < -0.39 is 5.97 Å². The summed E-state index contributed by atoms with van der Waals surface area (Å²) >= 11 is 6.13. The number of fused-ring (bicyclic) bond motifs is 1. The number of nitrogens with zero attached hydrogens (tertiary/aromatic N) is 1. The second-order valence-corrected chi connectivity index (χ2v) is 8.18. The molecule has 0 aromatic heterocycles. The topological polar surface area (TPSA) is 46.6 Å². The van der Waals surface area contributed by atoms with Gasteiger partial charge in [0.1, 0.15) is 16.3 Å². The van der Waals surface area contributed by atoms with E-state index in [1.54, 1.807) is 11.0 Å². The van der Waals surface area contributed by atoms with Crippen molar-refractivity contribution in [1.82, 2.24) is 4.90 Å². The molecule has 3 rings (SSSR count). The van der Waals surface area contributed by atoms with Gasteiger partial charge in [0.2, 0.25) is 0 Å². The van der Waals surface area contributed by atoms with Gasteiger partial charge in [0.05, 0.1) is 24.9 Å². The fourth-order valence-electron chi connectivity index (χ4n) is 2.83. The van der Waals surface area contributed by atoms with Crippen LogP contribution in [0.3, 0.4) is 0 Å². The number of allylic oxidation sites excluding steroid dienone is 4. The first kappa shape index (κ1) is 17.2. The summed E-state index contributed by atoms with van der Waals surface area (Å²) in [6.07, 6.45) is 7.37. The molecule has 1 aliphatic carbocycles. The average molecular weight is 400 g/mol. The third-order valence-corrected chi connectivity index (χ3v) is 4.87. The highest BCUT2D eigenvalue weighted by molar-refractivity contribution is 9.10. The van der Waals surface area contributed by atoms with E-state index >= 15 is 0 Å². The Hall–Kier alpha value is -1.61. The van der Waals surface area contributed by atoms with Crippen molar-refractivity contribution in [3.8, 4) is 0 Å². The van der Waals surface area contributed by atoms with E-state index in [1.165, 1.54) is 7.11 Å². The molecular weight excluding hydrogens is 385 g/mol. The van der Waals surface area contributed by atoms with Crippen LogP contribution in [0.4, 0.5) is 0 Å². The van der Waals surface area contributed by atoms with Crippen LogP contribution in [0, 0.1) is 0 Å². The molecule has 2 radical (unpaired) electrons. The van der Waals surface area contributed by atoms with E-state index in [2.05, 4.69) is 32.2 Å². The van der Waals surface area contributed by atoms with Gasteiger partial charge in [-0.3, -0.25) is 4.79 Å². The zero-order valence-corrected chi connectivity index (χ0v) is 16.1. The third kappa shape index (κ3) is 3.14. The number of methoxy groups -OCH3 is 1. The van der Waals surface area contributed by atoms with Crippen molar-refractivity contribution in [3.63, 3.8) is 0 Å². The molecular formula is C18H15AlBrNO3. The number of rotatable bonds is 2. The molecule has 0 N–H and O–H groups in total. The number of esters is 1. The Balaban J connectivity index is 2.07. The number of ether oxygens (including phenoxy) is 1. The van der Waals surface area contributed by atoms with E-state index in [0.717, 1.165) is 10.0 Å². The van der Waals surface area contributed by atoms with E-state index in [1.807, 2.05) is 43.4 Å². The highest BCUT2D eigenvalue weighted by atomic mass is 79.9. The van der Waals surface area contributed by atoms with Gasteiger partial charge < -0.3 is 9.64 Å². The second-order valence-electron chi connectivity index (χ2n) is 6.02. The Morgan fingerprint density at radius 2 is 2.17 bits per heavy atom. The minimum atomic E-state index is -0.460. The van der Waals surface area contributed by atoms with Crippen molar-refractivity contribution in [2.75, 3.05) is 7.11 Å². The van der Waals surface area contributed by atoms with Crippen LogP contribution in [0.25, 0.3) is 0 Å². The second kappa shape index (κ2) is 6.36. The summed E-state index contributed by atoms with van der Waals surface area (Å²) in [5, 5.41) is 0. The summed E-state index contributed by atoms with van der Waals surface area (Å²) < 4.78 is 5.39. The van der Waals surface area contributed by atoms with Crippen LogP contribution in [0.2, 0.25) is 4.28 Å². The van der Waals surface area contributed by atoms with Gasteiger partial charge in [0.15, 0.2) is 0 Å². The summed E-state index contributed by atoms with van der Waals surface area (Å²) in [7, 11) is 1.34. The molecule has 0 saturated carbocycles. The van der Waals surface area contributed by atoms with Crippen LogP contribution in [0.15, 0.2) is 58.2 Å². The number of hydrogen-bond donors (Lipinski definition) is 0. The quantitative estimate of drug-likeness (QED) is 0.566. The number of carbonyl (C=O) groups is 2. The fourth-order valence-corrected chi connectivity index (χ4v) is 3.46. The highest BCUT2D eigenvalue weighted by Crippen LogP contribution is 2.37. The number of amides is 1. The largest absolute Gasteiger partial charge is 0.465 e. The van der Waals surface area contributed by atoms with Crippen LogP contribution in [-0.4, -0.2) is 40.2 Å². The Morgan fingerprint density at radius 3 is 2.88 bits per heavy atom. The van der Waals surface area contributed by atoms with Gasteiger partial charge in [0, 0.05) is 10.0 Å². The van der Waals surface area contributed by atoms with Crippen LogP contribution >= 0.6 is 15.9 Å². The van der Waals surface area contributed by atoms with Gasteiger partial charge in [-0.25, -0.2) is 4.79 Å². The van der Waals surface area contributed by atoms with Gasteiger partial charge in [-0.05, 0) is 23.8 Å². The highest BCUT2D eigenvalue weighted by Gasteiger charge is 2.34. The standard InChI is InChI=1S/C18H15BrNO3.Al/c1-11-4-3-5-14(18(22)23-2)16(8-11)20-10-12-6-7-13(19)9-15(12)17(20)21;/h3-9H,10H2,1-2H3;. The molecule has 6 heteroatoms. The molecule has 1 amide bonds. The summed E-state index contributed by atoms with van der Waals surface area (Å²) in [6.45, 7) is 2.43. The first-order valence-corrected chi connectivity index (χ1v) is 8.80. The molecule has 0 fully saturated rings. The summed E-state index contributed by atoms with van der Waals surface area (Å²) in [5.74, 6) is -0.575. The van der Waals surface area contributed by atoms with E-state index in [4.69, 9.17) is 4.74 Å². The lowest BCUT2D eigenvalue weighted by molar-refractivity contribution is -0.135. The Morgan fingerprint density at radius 1 is 1.42 bits per heavy atom. The van der Waals surface area contributed by atoms with Crippen molar-refractivity contribution in [3.05, 3.63) is 69.4 Å². The smallest absolute Gasteiger partial charge is 0.339 e. The molecule has 120 valence electrons. The molecule has 1 heterocycles. The molecule has 2 aliphatic rings. The van der Waals surface area contributed by atoms with Gasteiger partial charge in [-0.2, -0.15) is 0 Å². The van der Waals surface area contributed by atoms with Crippen molar-refractivity contribution in [1.29, 1.82) is 0 Å². The Bertz CT molecular complexity index is 824. The summed E-state index contributed by atoms with van der Waals surface area (Å²) in [5.41, 5.74) is 2.54. The van der Waals surface area contributed by atoms with E-state index in [0.29, 0.717) is 23.4 Å². The van der Waals surface area contributed by atoms with Gasteiger partial charge in [-0.1, -0.05) is 51.4 Å². The van der Waals surface area contributed by atoms with Gasteiger partial charge in [0.25, 0.3) is 5.91 Å². The van der Waals surface area contributed by atoms with Crippen molar-refractivity contribution < 1.29 is 14.3 Å². The number of carbonyl (C=O) groups excluding carboxylic acids is 2. The van der Waals surface area contributed by atoms with Crippen molar-refractivity contribution in [2.24, 2.45) is 0 Å². The predicted molar refractivity (Wildman–Crippen MR) is 95.5 cm³/mol. The monoisotopic (exact) mass is 399 g/mol. The van der Waals surface area contributed by atoms with Crippen LogP contribution in [0.5, 0.6) is 0 Å². The Kier molecular flexibility index (Phi) is 4.57. The summed E-state index contributed by atoms with van der Waals surface area (Å²) in [6, 6.07) is 5.65. The fraction of sp³-hybridized carbons (Fsp3) is 0.222. The number of halogens is 1. The lowest BCUT2D eigenvalue weighted by atomic mass is 10.1. The van der Waals surface area contributed by atoms with Crippen LogP contribution in [-0.2, 0) is 16.1 Å². The first-order chi connectivity index (χ1) is 11.3. The Labute approximate surface area is 157 Å². The molecule has 1 atom stereocenters. The zero-order chi connectivity index (χ0) is 17.5. The average Bonchev–Trinajstić information content (AvgIpc) is 2.75. The molecule has 1 aromatic carbocycles. The number of hydrogen-bond acceptors (Lipinski definition) is 3. The van der Waals surface area contributed by atoms with E-state index in [9.17, 15) is 9.59 Å². The molecule has 0 spiro atoms. The van der Waals surface area contributed by atoms with Crippen molar-refractivity contribution in [2.45, 2.75) is 17.7 Å². The predicted octanol–water partition coefficient (Wildman–Crippen LogP) is 3.31. The van der Waals surface area contributed by atoms with Crippen molar-refractivity contribution >= 4 is 44.1 Å². The molecule has 24 heavy (non-hydrogen) atoms. The third-order valence-electron chi connectivity index (χ3n) is 4.01. The maximum absolute atomic E-state index is 12.9. The molecule has 4 nitrogen and oxygen atoms in total. The molecule has 0 bridgehead atoms. The lowest BCUT2D eigenvalue weighted by Crippen LogP contribution is -2.27. The SMILES string of the molecule is COC(=O)C1=CC=C[C](C)([Al])C=C1N1Cc2ccc(Br)cc2C1=O. The lowest BCUT2D eigenvalue weighted by Gasteiger charge is -2.25. The van der Waals surface area contributed by atoms with Gasteiger partial charge in [-0.15, -0.1) is 0 Å².